The standard InChI is InChI=1S/C24H30N4O3.C2HF3O2/c1-31-22-7-3-2-6-21(22)27-11-13-28(14-12-27)23(29)17-26-24(30)19-9-8-18-5-4-10-25-16-20(18)15-19;3-2(4,5)1(6)7/h2-3,6-9,15,25H,4-5,10-14,16-17H2,1H3,(H,26,30);(H,6,7). The van der Waals surface area contributed by atoms with Crippen molar-refractivity contribution in [2.75, 3.05) is 51.3 Å². The minimum Gasteiger partial charge on any atom is -0.495 e. The van der Waals surface area contributed by atoms with Crippen molar-refractivity contribution in [3.05, 3.63) is 59.2 Å². The monoisotopic (exact) mass is 536 g/mol. The van der Waals surface area contributed by atoms with E-state index in [1.807, 2.05) is 47.4 Å². The van der Waals surface area contributed by atoms with Crippen LogP contribution in [-0.4, -0.2) is 80.3 Å². The number of para-hydroxylation sites is 2. The highest BCUT2D eigenvalue weighted by Crippen LogP contribution is 2.28. The molecule has 9 nitrogen and oxygen atoms in total. The maximum absolute atomic E-state index is 12.6. The maximum atomic E-state index is 12.6. The van der Waals surface area contributed by atoms with Crippen LogP contribution in [0.1, 0.15) is 27.9 Å². The summed E-state index contributed by atoms with van der Waals surface area (Å²) in [4.78, 5) is 38.2. The summed E-state index contributed by atoms with van der Waals surface area (Å²) in [5, 5.41) is 13.3. The molecule has 0 bridgehead atoms. The van der Waals surface area contributed by atoms with Gasteiger partial charge in [-0.25, -0.2) is 4.79 Å². The molecule has 3 N–H and O–H groups in total. The van der Waals surface area contributed by atoms with E-state index < -0.39 is 12.1 Å². The summed E-state index contributed by atoms with van der Waals surface area (Å²) in [5.41, 5.74) is 4.12. The Balaban J connectivity index is 0.000000505. The Labute approximate surface area is 218 Å². The average molecular weight is 537 g/mol. The Morgan fingerprint density at radius 3 is 2.39 bits per heavy atom. The molecule has 0 aliphatic carbocycles. The van der Waals surface area contributed by atoms with Crippen LogP contribution in [-0.2, 0) is 22.6 Å². The van der Waals surface area contributed by atoms with Crippen molar-refractivity contribution in [2.24, 2.45) is 0 Å². The number of carbonyl (C=O) groups is 3. The minimum absolute atomic E-state index is 0.0167. The fourth-order valence-electron chi connectivity index (χ4n) is 4.26. The molecule has 12 heteroatoms. The number of amides is 2. The van der Waals surface area contributed by atoms with Gasteiger partial charge in [-0.2, -0.15) is 13.2 Å². The molecule has 0 atom stereocenters. The highest BCUT2D eigenvalue weighted by Gasteiger charge is 2.38. The molecular weight excluding hydrogens is 505 g/mol. The summed E-state index contributed by atoms with van der Waals surface area (Å²) in [7, 11) is 1.67. The molecule has 2 aliphatic heterocycles. The summed E-state index contributed by atoms with van der Waals surface area (Å²) in [6, 6.07) is 13.8. The number of aryl methyl sites for hydroxylation is 1. The Bertz CT molecular complexity index is 1130. The Hall–Kier alpha value is -3.80. The fourth-order valence-corrected chi connectivity index (χ4v) is 4.26. The van der Waals surface area contributed by atoms with E-state index >= 15 is 0 Å². The van der Waals surface area contributed by atoms with Crippen LogP contribution in [0.4, 0.5) is 18.9 Å². The smallest absolute Gasteiger partial charge is 0.490 e. The number of nitrogens with zero attached hydrogens (tertiary/aromatic N) is 2. The molecule has 206 valence electrons. The SMILES string of the molecule is COc1ccccc1N1CCN(C(=O)CNC(=O)c2ccc3c(c2)CNCCC3)CC1.O=C(O)C(F)(F)F. The number of nitrogens with one attached hydrogen (secondary N) is 2. The van der Waals surface area contributed by atoms with Gasteiger partial charge in [-0.15, -0.1) is 0 Å². The van der Waals surface area contributed by atoms with E-state index in [1.165, 1.54) is 11.1 Å². The molecular formula is C26H31F3N4O5. The number of ether oxygens (including phenoxy) is 1. The summed E-state index contributed by atoms with van der Waals surface area (Å²) in [5.74, 6) is -2.17. The molecule has 2 aromatic carbocycles. The Kier molecular flexibility index (Phi) is 9.94. The third-order valence-corrected chi connectivity index (χ3v) is 6.28. The van der Waals surface area contributed by atoms with Gasteiger partial charge in [0.25, 0.3) is 5.91 Å². The van der Waals surface area contributed by atoms with Gasteiger partial charge in [0.1, 0.15) is 5.75 Å². The number of carboxylic acids is 1. The molecule has 1 fully saturated rings. The predicted octanol–water partition coefficient (Wildman–Crippen LogP) is 2.44. The van der Waals surface area contributed by atoms with Crippen LogP contribution in [0.15, 0.2) is 42.5 Å². The summed E-state index contributed by atoms with van der Waals surface area (Å²) in [6.45, 7) is 4.51. The molecule has 0 spiro atoms. The molecule has 38 heavy (non-hydrogen) atoms. The van der Waals surface area contributed by atoms with Crippen molar-refractivity contribution in [1.82, 2.24) is 15.5 Å². The number of hydrogen-bond acceptors (Lipinski definition) is 6. The molecule has 4 rings (SSSR count). The number of halogens is 3. The van der Waals surface area contributed by atoms with E-state index in [4.69, 9.17) is 14.6 Å². The van der Waals surface area contributed by atoms with Crippen LogP contribution in [0.2, 0.25) is 0 Å². The number of carbonyl (C=O) groups excluding carboxylic acids is 2. The van der Waals surface area contributed by atoms with Gasteiger partial charge in [-0.05, 0) is 54.8 Å². The van der Waals surface area contributed by atoms with Gasteiger partial charge in [0.05, 0.1) is 19.3 Å². The number of benzene rings is 2. The van der Waals surface area contributed by atoms with Crippen molar-refractivity contribution < 1.29 is 37.4 Å². The lowest BCUT2D eigenvalue weighted by molar-refractivity contribution is -0.192. The van der Waals surface area contributed by atoms with Crippen LogP contribution < -0.4 is 20.3 Å². The average Bonchev–Trinajstić information content (AvgIpc) is 3.16. The molecule has 0 aromatic heterocycles. The third kappa shape index (κ3) is 7.85. The second-order valence-electron chi connectivity index (χ2n) is 8.79. The fraction of sp³-hybridized carbons (Fsp3) is 0.423. The highest BCUT2D eigenvalue weighted by molar-refractivity contribution is 5.96. The zero-order valence-electron chi connectivity index (χ0n) is 21.0. The molecule has 0 unspecified atom stereocenters. The highest BCUT2D eigenvalue weighted by atomic mass is 19.4. The molecule has 0 saturated carbocycles. The van der Waals surface area contributed by atoms with Crippen molar-refractivity contribution in [2.45, 2.75) is 25.6 Å². The Morgan fingerprint density at radius 2 is 1.74 bits per heavy atom. The number of carboxylic acid groups (broad SMARTS) is 1. The van der Waals surface area contributed by atoms with Crippen LogP contribution in [0.5, 0.6) is 5.75 Å². The molecule has 2 heterocycles. The van der Waals surface area contributed by atoms with Crippen molar-refractivity contribution in [3.8, 4) is 5.75 Å². The lowest BCUT2D eigenvalue weighted by Crippen LogP contribution is -2.51. The number of fused-ring (bicyclic) bond motifs is 1. The van der Waals surface area contributed by atoms with E-state index in [1.54, 1.807) is 7.11 Å². The number of aliphatic carboxylic acids is 1. The van der Waals surface area contributed by atoms with Gasteiger partial charge in [0, 0.05) is 38.3 Å². The lowest BCUT2D eigenvalue weighted by Gasteiger charge is -2.36. The van der Waals surface area contributed by atoms with E-state index in [2.05, 4.69) is 15.5 Å². The number of hydrogen-bond donors (Lipinski definition) is 3. The molecule has 1 saturated heterocycles. The first-order valence-corrected chi connectivity index (χ1v) is 12.2. The maximum Gasteiger partial charge on any atom is 0.490 e. The number of alkyl halides is 3. The summed E-state index contributed by atoms with van der Waals surface area (Å²) in [6.07, 6.45) is -2.94. The quantitative estimate of drug-likeness (QED) is 0.539. The van der Waals surface area contributed by atoms with Gasteiger partial charge in [0.2, 0.25) is 5.91 Å². The first kappa shape index (κ1) is 28.8. The summed E-state index contributed by atoms with van der Waals surface area (Å²) < 4.78 is 37.2. The van der Waals surface area contributed by atoms with Crippen molar-refractivity contribution in [1.29, 1.82) is 0 Å². The second-order valence-corrected chi connectivity index (χ2v) is 8.79. The number of rotatable bonds is 5. The van der Waals surface area contributed by atoms with Crippen LogP contribution >= 0.6 is 0 Å². The molecule has 2 aromatic rings. The topological polar surface area (TPSA) is 111 Å². The molecule has 0 radical (unpaired) electrons. The van der Waals surface area contributed by atoms with Gasteiger partial charge in [-0.1, -0.05) is 18.2 Å². The van der Waals surface area contributed by atoms with Crippen LogP contribution in [0.3, 0.4) is 0 Å². The van der Waals surface area contributed by atoms with Crippen LogP contribution in [0.25, 0.3) is 0 Å². The first-order valence-electron chi connectivity index (χ1n) is 12.2. The summed E-state index contributed by atoms with van der Waals surface area (Å²) >= 11 is 0. The van der Waals surface area contributed by atoms with Gasteiger partial charge < -0.3 is 30.3 Å². The first-order chi connectivity index (χ1) is 18.1. The van der Waals surface area contributed by atoms with E-state index in [-0.39, 0.29) is 18.4 Å². The van der Waals surface area contributed by atoms with Crippen LogP contribution in [0, 0.1) is 0 Å². The number of anilines is 1. The Morgan fingerprint density at radius 1 is 1.05 bits per heavy atom. The zero-order valence-corrected chi connectivity index (χ0v) is 21.0. The van der Waals surface area contributed by atoms with Gasteiger partial charge >= 0.3 is 12.1 Å². The van der Waals surface area contributed by atoms with E-state index in [0.717, 1.165) is 50.5 Å². The third-order valence-electron chi connectivity index (χ3n) is 6.28. The largest absolute Gasteiger partial charge is 0.495 e. The minimum atomic E-state index is -5.08. The van der Waals surface area contributed by atoms with Crippen molar-refractivity contribution in [3.63, 3.8) is 0 Å². The normalized spacial score (nSPS) is 15.4. The molecule has 2 aliphatic rings. The van der Waals surface area contributed by atoms with E-state index in [0.29, 0.717) is 18.7 Å². The van der Waals surface area contributed by atoms with Gasteiger partial charge in [0.15, 0.2) is 0 Å². The second kappa shape index (κ2) is 13.1. The van der Waals surface area contributed by atoms with Crippen molar-refractivity contribution >= 4 is 23.5 Å². The lowest BCUT2D eigenvalue weighted by atomic mass is 10.0. The zero-order chi connectivity index (χ0) is 27.7. The number of piperazine rings is 1. The number of methoxy groups -OCH3 is 1. The van der Waals surface area contributed by atoms with E-state index in [9.17, 15) is 22.8 Å². The predicted molar refractivity (Wildman–Crippen MR) is 134 cm³/mol. The van der Waals surface area contributed by atoms with Gasteiger partial charge in [-0.3, -0.25) is 9.59 Å². The molecule has 2 amide bonds.